The first-order chi connectivity index (χ1) is 8.56. The number of anilines is 1. The van der Waals surface area contributed by atoms with Gasteiger partial charge < -0.3 is 20.4 Å². The number of amides is 1. The molecule has 1 amide bonds. The van der Waals surface area contributed by atoms with Crippen LogP contribution in [0.2, 0.25) is 0 Å². The molecule has 1 saturated heterocycles. The highest BCUT2D eigenvalue weighted by molar-refractivity contribution is 5.65. The molecule has 0 bridgehead atoms. The summed E-state index contributed by atoms with van der Waals surface area (Å²) in [7, 11) is 0. The zero-order chi connectivity index (χ0) is 13.1. The summed E-state index contributed by atoms with van der Waals surface area (Å²) in [5, 5.41) is 21.2. The Bertz CT molecular complexity index is 447. The third-order valence-electron chi connectivity index (χ3n) is 2.96. The SMILES string of the molecule is O=C(O)N1CCC(Nc2cc(F)cnc2O)CC1. The number of carbonyl (C=O) groups is 1. The fourth-order valence-electron chi connectivity index (χ4n) is 1.97. The number of aromatic nitrogens is 1. The first-order valence-corrected chi connectivity index (χ1v) is 5.65. The smallest absolute Gasteiger partial charge is 0.407 e. The lowest BCUT2D eigenvalue weighted by atomic mass is 10.1. The number of hydrogen-bond donors (Lipinski definition) is 3. The van der Waals surface area contributed by atoms with E-state index in [2.05, 4.69) is 10.3 Å². The Kier molecular flexibility index (Phi) is 3.50. The number of nitrogens with one attached hydrogen (secondary N) is 1. The lowest BCUT2D eigenvalue weighted by Gasteiger charge is -2.31. The average molecular weight is 255 g/mol. The number of rotatable bonds is 2. The van der Waals surface area contributed by atoms with E-state index in [1.54, 1.807) is 0 Å². The number of halogens is 1. The van der Waals surface area contributed by atoms with Crippen molar-refractivity contribution in [2.45, 2.75) is 18.9 Å². The van der Waals surface area contributed by atoms with Gasteiger partial charge in [-0.1, -0.05) is 0 Å². The molecule has 18 heavy (non-hydrogen) atoms. The molecule has 0 saturated carbocycles. The minimum atomic E-state index is -0.927. The van der Waals surface area contributed by atoms with Crippen molar-refractivity contribution in [3.63, 3.8) is 0 Å². The molecular weight excluding hydrogens is 241 g/mol. The predicted molar refractivity (Wildman–Crippen MR) is 62.1 cm³/mol. The van der Waals surface area contributed by atoms with E-state index in [4.69, 9.17) is 5.11 Å². The van der Waals surface area contributed by atoms with Gasteiger partial charge in [0.2, 0.25) is 5.88 Å². The van der Waals surface area contributed by atoms with Crippen molar-refractivity contribution in [1.82, 2.24) is 9.88 Å². The van der Waals surface area contributed by atoms with E-state index in [-0.39, 0.29) is 17.6 Å². The van der Waals surface area contributed by atoms with Crippen LogP contribution >= 0.6 is 0 Å². The molecule has 1 aliphatic rings. The summed E-state index contributed by atoms with van der Waals surface area (Å²) in [6, 6.07) is 1.18. The summed E-state index contributed by atoms with van der Waals surface area (Å²) in [4.78, 5) is 15.6. The number of hydrogen-bond acceptors (Lipinski definition) is 4. The number of likely N-dealkylation sites (tertiary alicyclic amines) is 1. The third-order valence-corrected chi connectivity index (χ3v) is 2.96. The summed E-state index contributed by atoms with van der Waals surface area (Å²) in [6.45, 7) is 0.854. The molecular formula is C11H14FN3O3. The van der Waals surface area contributed by atoms with Crippen molar-refractivity contribution in [3.05, 3.63) is 18.1 Å². The Morgan fingerprint density at radius 1 is 1.50 bits per heavy atom. The molecule has 0 aromatic carbocycles. The first kappa shape index (κ1) is 12.4. The topological polar surface area (TPSA) is 85.7 Å². The maximum atomic E-state index is 13.0. The van der Waals surface area contributed by atoms with Crippen molar-refractivity contribution in [3.8, 4) is 5.88 Å². The molecule has 1 aromatic heterocycles. The molecule has 1 aromatic rings. The van der Waals surface area contributed by atoms with Crippen LogP contribution in [0, 0.1) is 5.82 Å². The minimum Gasteiger partial charge on any atom is -0.492 e. The molecule has 7 heteroatoms. The van der Waals surface area contributed by atoms with Gasteiger partial charge in [-0.3, -0.25) is 0 Å². The highest BCUT2D eigenvalue weighted by atomic mass is 19.1. The van der Waals surface area contributed by atoms with E-state index >= 15 is 0 Å². The first-order valence-electron chi connectivity index (χ1n) is 5.65. The van der Waals surface area contributed by atoms with Gasteiger partial charge >= 0.3 is 6.09 Å². The van der Waals surface area contributed by atoms with Crippen LogP contribution in [0.15, 0.2) is 12.3 Å². The Balaban J connectivity index is 1.95. The van der Waals surface area contributed by atoms with Gasteiger partial charge in [-0.25, -0.2) is 14.2 Å². The highest BCUT2D eigenvalue weighted by Crippen LogP contribution is 2.24. The third kappa shape index (κ3) is 2.79. The molecule has 2 heterocycles. The number of piperidine rings is 1. The standard InChI is InChI=1S/C11H14FN3O3/c12-7-5-9(10(16)13-6-7)14-8-1-3-15(4-2-8)11(17)18/h5-6,8,14H,1-4H2,(H,13,16)(H,17,18). The van der Waals surface area contributed by atoms with E-state index in [0.29, 0.717) is 25.9 Å². The summed E-state index contributed by atoms with van der Waals surface area (Å²) in [5.41, 5.74) is 0.240. The van der Waals surface area contributed by atoms with E-state index in [1.807, 2.05) is 0 Å². The van der Waals surface area contributed by atoms with Crippen LogP contribution in [0.4, 0.5) is 14.9 Å². The van der Waals surface area contributed by atoms with Gasteiger partial charge in [-0.15, -0.1) is 0 Å². The van der Waals surface area contributed by atoms with E-state index in [0.717, 1.165) is 6.20 Å². The Morgan fingerprint density at radius 3 is 2.78 bits per heavy atom. The summed E-state index contributed by atoms with van der Waals surface area (Å²) >= 11 is 0. The van der Waals surface area contributed by atoms with Crippen molar-refractivity contribution in [1.29, 1.82) is 0 Å². The molecule has 0 atom stereocenters. The van der Waals surface area contributed by atoms with Gasteiger partial charge in [0, 0.05) is 25.2 Å². The second-order valence-electron chi connectivity index (χ2n) is 4.21. The van der Waals surface area contributed by atoms with Gasteiger partial charge in [0.1, 0.15) is 11.5 Å². The quantitative estimate of drug-likeness (QED) is 0.745. The van der Waals surface area contributed by atoms with Crippen LogP contribution in [0.5, 0.6) is 5.88 Å². The van der Waals surface area contributed by atoms with E-state index in [1.165, 1.54) is 11.0 Å². The lowest BCUT2D eigenvalue weighted by Crippen LogP contribution is -2.41. The van der Waals surface area contributed by atoms with Crippen LogP contribution in [0.3, 0.4) is 0 Å². The van der Waals surface area contributed by atoms with Crippen LogP contribution in [0.25, 0.3) is 0 Å². The van der Waals surface area contributed by atoms with Gasteiger partial charge in [0.15, 0.2) is 0 Å². The highest BCUT2D eigenvalue weighted by Gasteiger charge is 2.22. The Morgan fingerprint density at radius 2 is 2.17 bits per heavy atom. The van der Waals surface area contributed by atoms with Crippen molar-refractivity contribution < 1.29 is 19.4 Å². The second kappa shape index (κ2) is 5.07. The molecule has 0 unspecified atom stereocenters. The van der Waals surface area contributed by atoms with Gasteiger partial charge in [-0.05, 0) is 12.8 Å². The number of nitrogens with zero attached hydrogens (tertiary/aromatic N) is 2. The van der Waals surface area contributed by atoms with Gasteiger partial charge in [0.05, 0.1) is 6.20 Å². The van der Waals surface area contributed by atoms with E-state index < -0.39 is 11.9 Å². The maximum Gasteiger partial charge on any atom is 0.407 e. The zero-order valence-electron chi connectivity index (χ0n) is 9.64. The molecule has 0 aliphatic carbocycles. The Labute approximate surface area is 103 Å². The Hall–Kier alpha value is -2.05. The fraction of sp³-hybridized carbons (Fsp3) is 0.455. The molecule has 1 fully saturated rings. The number of pyridine rings is 1. The molecule has 0 radical (unpaired) electrons. The molecule has 98 valence electrons. The predicted octanol–water partition coefficient (Wildman–Crippen LogP) is 1.48. The zero-order valence-corrected chi connectivity index (χ0v) is 9.64. The summed E-state index contributed by atoms with van der Waals surface area (Å²) in [5.74, 6) is -0.782. The summed E-state index contributed by atoms with van der Waals surface area (Å²) < 4.78 is 13.0. The van der Waals surface area contributed by atoms with Crippen LogP contribution in [0.1, 0.15) is 12.8 Å². The second-order valence-corrected chi connectivity index (χ2v) is 4.21. The minimum absolute atomic E-state index is 0.00935. The average Bonchev–Trinajstić information content (AvgIpc) is 2.34. The normalized spacial score (nSPS) is 16.6. The van der Waals surface area contributed by atoms with Crippen LogP contribution in [-0.2, 0) is 0 Å². The lowest BCUT2D eigenvalue weighted by molar-refractivity contribution is 0.133. The monoisotopic (exact) mass is 255 g/mol. The fourth-order valence-corrected chi connectivity index (χ4v) is 1.97. The molecule has 3 N–H and O–H groups in total. The molecule has 0 spiro atoms. The van der Waals surface area contributed by atoms with Crippen LogP contribution < -0.4 is 5.32 Å². The van der Waals surface area contributed by atoms with Gasteiger partial charge in [-0.2, -0.15) is 0 Å². The molecule has 2 rings (SSSR count). The maximum absolute atomic E-state index is 13.0. The van der Waals surface area contributed by atoms with Gasteiger partial charge in [0.25, 0.3) is 0 Å². The molecule has 1 aliphatic heterocycles. The van der Waals surface area contributed by atoms with E-state index in [9.17, 15) is 14.3 Å². The molecule has 6 nitrogen and oxygen atoms in total. The largest absolute Gasteiger partial charge is 0.492 e. The summed E-state index contributed by atoms with van der Waals surface area (Å²) in [6.07, 6.45) is 1.24. The number of carboxylic acid groups (broad SMARTS) is 1. The van der Waals surface area contributed by atoms with Crippen LogP contribution in [-0.4, -0.2) is 45.3 Å². The number of aromatic hydroxyl groups is 1. The van der Waals surface area contributed by atoms with Crippen molar-refractivity contribution in [2.75, 3.05) is 18.4 Å². The van der Waals surface area contributed by atoms with Crippen molar-refractivity contribution >= 4 is 11.8 Å². The van der Waals surface area contributed by atoms with Crippen molar-refractivity contribution in [2.24, 2.45) is 0 Å².